The van der Waals surface area contributed by atoms with E-state index in [4.69, 9.17) is 0 Å². The maximum Gasteiger partial charge on any atom is 0.251 e. The number of nitrogens with one attached hydrogen (secondary N) is 1. The van der Waals surface area contributed by atoms with Gasteiger partial charge in [-0.25, -0.2) is 0 Å². The quantitative estimate of drug-likeness (QED) is 0.869. The van der Waals surface area contributed by atoms with Crippen LogP contribution in [0.5, 0.6) is 0 Å². The molecule has 1 amide bonds. The number of amides is 1. The van der Waals surface area contributed by atoms with Crippen LogP contribution in [0.3, 0.4) is 0 Å². The minimum atomic E-state index is -0.696. The highest BCUT2D eigenvalue weighted by Gasteiger charge is 2.18. The topological polar surface area (TPSA) is 71.3 Å². The van der Waals surface area contributed by atoms with Crippen LogP contribution < -0.4 is 10.9 Å². The van der Waals surface area contributed by atoms with Crippen molar-refractivity contribution in [1.82, 2.24) is 9.88 Å². The number of aliphatic hydroxyl groups excluding tert-OH is 1. The molecule has 1 aromatic carbocycles. The van der Waals surface area contributed by atoms with Crippen molar-refractivity contribution < 1.29 is 9.90 Å². The van der Waals surface area contributed by atoms with E-state index in [1.807, 2.05) is 30.3 Å². The first kappa shape index (κ1) is 16.0. The van der Waals surface area contributed by atoms with E-state index in [1.54, 1.807) is 26.2 Å². The molecule has 22 heavy (non-hydrogen) atoms. The fourth-order valence-corrected chi connectivity index (χ4v) is 2.11. The molecule has 2 aromatic rings. The van der Waals surface area contributed by atoms with Crippen LogP contribution in [0.2, 0.25) is 0 Å². The summed E-state index contributed by atoms with van der Waals surface area (Å²) < 4.78 is 1.39. The molecule has 0 saturated heterocycles. The van der Waals surface area contributed by atoms with Gasteiger partial charge in [0.05, 0.1) is 12.1 Å². The largest absolute Gasteiger partial charge is 0.391 e. The van der Waals surface area contributed by atoms with Crippen LogP contribution in [-0.2, 0) is 13.5 Å². The minimum Gasteiger partial charge on any atom is -0.391 e. The second-order valence-corrected chi connectivity index (χ2v) is 5.38. The lowest BCUT2D eigenvalue weighted by molar-refractivity contribution is 0.0851. The summed E-state index contributed by atoms with van der Waals surface area (Å²) in [6.07, 6.45) is 1.30. The third-order valence-corrected chi connectivity index (χ3v) is 3.59. The van der Waals surface area contributed by atoms with E-state index in [-0.39, 0.29) is 11.5 Å². The first-order valence-electron chi connectivity index (χ1n) is 7.17. The molecular weight excluding hydrogens is 280 g/mol. The summed E-state index contributed by atoms with van der Waals surface area (Å²) >= 11 is 0. The normalized spacial score (nSPS) is 13.4. The van der Waals surface area contributed by atoms with Crippen LogP contribution in [0.15, 0.2) is 53.5 Å². The van der Waals surface area contributed by atoms with Gasteiger partial charge in [0.15, 0.2) is 0 Å². The van der Waals surface area contributed by atoms with Crippen molar-refractivity contribution in [2.24, 2.45) is 7.05 Å². The van der Waals surface area contributed by atoms with Crippen molar-refractivity contribution in [1.29, 1.82) is 0 Å². The molecule has 0 radical (unpaired) electrons. The molecule has 0 aliphatic heterocycles. The summed E-state index contributed by atoms with van der Waals surface area (Å²) in [5.41, 5.74) is 1.05. The Balaban J connectivity index is 1.98. The highest BCUT2D eigenvalue weighted by molar-refractivity contribution is 5.94. The Morgan fingerprint density at radius 3 is 2.59 bits per heavy atom. The van der Waals surface area contributed by atoms with Crippen molar-refractivity contribution >= 4 is 5.91 Å². The van der Waals surface area contributed by atoms with Gasteiger partial charge in [-0.3, -0.25) is 9.59 Å². The summed E-state index contributed by atoms with van der Waals surface area (Å²) in [6, 6.07) is 12.0. The number of aryl methyl sites for hydroxylation is 1. The van der Waals surface area contributed by atoms with E-state index in [1.165, 1.54) is 10.6 Å². The first-order valence-corrected chi connectivity index (χ1v) is 7.17. The van der Waals surface area contributed by atoms with Gasteiger partial charge >= 0.3 is 0 Å². The van der Waals surface area contributed by atoms with Crippen LogP contribution in [0.4, 0.5) is 0 Å². The molecule has 2 rings (SSSR count). The molecule has 5 nitrogen and oxygen atoms in total. The van der Waals surface area contributed by atoms with Crippen LogP contribution in [-0.4, -0.2) is 27.7 Å². The lowest BCUT2D eigenvalue weighted by Crippen LogP contribution is -2.42. The fourth-order valence-electron chi connectivity index (χ4n) is 2.11. The van der Waals surface area contributed by atoms with E-state index in [9.17, 15) is 14.7 Å². The van der Waals surface area contributed by atoms with Gasteiger partial charge in [-0.2, -0.15) is 0 Å². The zero-order chi connectivity index (χ0) is 16.1. The smallest absolute Gasteiger partial charge is 0.251 e. The van der Waals surface area contributed by atoms with Gasteiger partial charge in [0.2, 0.25) is 0 Å². The molecule has 2 atom stereocenters. The van der Waals surface area contributed by atoms with Crippen LogP contribution in [0, 0.1) is 0 Å². The average molecular weight is 300 g/mol. The van der Waals surface area contributed by atoms with E-state index in [0.717, 1.165) is 5.56 Å². The van der Waals surface area contributed by atoms with E-state index in [0.29, 0.717) is 12.0 Å². The summed E-state index contributed by atoms with van der Waals surface area (Å²) in [5.74, 6) is -0.364. The maximum absolute atomic E-state index is 12.1. The van der Waals surface area contributed by atoms with Gasteiger partial charge in [-0.05, 0) is 18.6 Å². The second kappa shape index (κ2) is 7.04. The molecule has 1 heterocycles. The monoisotopic (exact) mass is 300 g/mol. The number of aromatic nitrogens is 1. The molecule has 0 aliphatic carbocycles. The number of rotatable bonds is 5. The predicted molar refractivity (Wildman–Crippen MR) is 84.8 cm³/mol. The highest BCUT2D eigenvalue weighted by atomic mass is 16.3. The summed E-state index contributed by atoms with van der Waals surface area (Å²) in [4.78, 5) is 23.6. The molecule has 2 N–H and O–H groups in total. The van der Waals surface area contributed by atoms with E-state index in [2.05, 4.69) is 5.32 Å². The Labute approximate surface area is 129 Å². The SMILES string of the molecule is CC(NC(=O)c1ccn(C)c(=O)c1)C(O)Cc1ccccc1. The van der Waals surface area contributed by atoms with Gasteiger partial charge in [-0.1, -0.05) is 30.3 Å². The Bertz CT molecular complexity index is 695. The Hall–Kier alpha value is -2.40. The number of hydrogen-bond donors (Lipinski definition) is 2. The Morgan fingerprint density at radius 2 is 1.95 bits per heavy atom. The third kappa shape index (κ3) is 4.05. The number of benzene rings is 1. The average Bonchev–Trinajstić information content (AvgIpc) is 2.50. The molecule has 0 bridgehead atoms. The van der Waals surface area contributed by atoms with Crippen molar-refractivity contribution in [3.8, 4) is 0 Å². The van der Waals surface area contributed by atoms with Gasteiger partial charge in [-0.15, -0.1) is 0 Å². The molecule has 0 spiro atoms. The zero-order valence-electron chi connectivity index (χ0n) is 12.7. The molecule has 1 aromatic heterocycles. The number of hydrogen-bond acceptors (Lipinski definition) is 3. The third-order valence-electron chi connectivity index (χ3n) is 3.59. The summed E-state index contributed by atoms with van der Waals surface area (Å²) in [5, 5.41) is 12.9. The van der Waals surface area contributed by atoms with Crippen molar-refractivity contribution in [3.63, 3.8) is 0 Å². The number of pyridine rings is 1. The Morgan fingerprint density at radius 1 is 1.27 bits per heavy atom. The second-order valence-electron chi connectivity index (χ2n) is 5.38. The number of nitrogens with zero attached hydrogens (tertiary/aromatic N) is 1. The van der Waals surface area contributed by atoms with Gasteiger partial charge in [0, 0.05) is 31.3 Å². The molecule has 2 unspecified atom stereocenters. The number of carbonyl (C=O) groups is 1. The zero-order valence-corrected chi connectivity index (χ0v) is 12.7. The summed E-state index contributed by atoms with van der Waals surface area (Å²) in [6.45, 7) is 1.74. The van der Waals surface area contributed by atoms with Crippen LogP contribution >= 0.6 is 0 Å². The molecule has 0 aliphatic rings. The molecule has 0 fully saturated rings. The molecule has 0 saturated carbocycles. The van der Waals surface area contributed by atoms with Gasteiger partial charge < -0.3 is 15.0 Å². The van der Waals surface area contributed by atoms with E-state index < -0.39 is 12.1 Å². The minimum absolute atomic E-state index is 0.245. The van der Waals surface area contributed by atoms with Crippen molar-refractivity contribution in [2.45, 2.75) is 25.5 Å². The van der Waals surface area contributed by atoms with E-state index >= 15 is 0 Å². The van der Waals surface area contributed by atoms with Crippen molar-refractivity contribution in [2.75, 3.05) is 0 Å². The van der Waals surface area contributed by atoms with Crippen molar-refractivity contribution in [3.05, 3.63) is 70.1 Å². The van der Waals surface area contributed by atoms with Crippen LogP contribution in [0.1, 0.15) is 22.8 Å². The molecular formula is C17H20N2O3. The molecule has 5 heteroatoms. The standard InChI is InChI=1S/C17H20N2O3/c1-12(15(20)10-13-6-4-3-5-7-13)18-17(22)14-8-9-19(2)16(21)11-14/h3-9,11-12,15,20H,10H2,1-2H3,(H,18,22). The predicted octanol–water partition coefficient (Wildman–Crippen LogP) is 1.11. The van der Waals surface area contributed by atoms with Gasteiger partial charge in [0.25, 0.3) is 11.5 Å². The maximum atomic E-state index is 12.1. The number of aliphatic hydroxyl groups is 1. The first-order chi connectivity index (χ1) is 10.5. The van der Waals surface area contributed by atoms with Gasteiger partial charge in [0.1, 0.15) is 0 Å². The highest BCUT2D eigenvalue weighted by Crippen LogP contribution is 2.06. The lowest BCUT2D eigenvalue weighted by Gasteiger charge is -2.20. The summed E-state index contributed by atoms with van der Waals surface area (Å²) in [7, 11) is 1.62. The van der Waals surface area contributed by atoms with Crippen LogP contribution in [0.25, 0.3) is 0 Å². The number of carbonyl (C=O) groups excluding carboxylic acids is 1. The Kier molecular flexibility index (Phi) is 5.12. The molecule has 116 valence electrons. The fraction of sp³-hybridized carbons (Fsp3) is 0.294. The lowest BCUT2D eigenvalue weighted by atomic mass is 10.0.